The maximum atomic E-state index is 11.4. The van der Waals surface area contributed by atoms with Crippen molar-refractivity contribution in [1.82, 2.24) is 10.6 Å². The largest absolute Gasteiger partial charge is 0.389 e. The molecule has 0 aromatic heterocycles. The maximum absolute atomic E-state index is 11.4. The zero-order valence-electron chi connectivity index (χ0n) is 8.03. The van der Waals surface area contributed by atoms with Gasteiger partial charge in [-0.3, -0.25) is 10.1 Å². The first-order valence-corrected chi connectivity index (χ1v) is 5.07. The second-order valence-corrected chi connectivity index (χ2v) is 3.86. The van der Waals surface area contributed by atoms with Crippen molar-refractivity contribution in [2.45, 2.75) is 31.0 Å². The lowest BCUT2D eigenvalue weighted by Gasteiger charge is -2.26. The predicted octanol–water partition coefficient (Wildman–Crippen LogP) is -1.39. The van der Waals surface area contributed by atoms with Crippen LogP contribution in [-0.4, -0.2) is 49.0 Å². The van der Waals surface area contributed by atoms with E-state index in [-0.39, 0.29) is 18.0 Å². The summed E-state index contributed by atoms with van der Waals surface area (Å²) < 4.78 is 5.10. The van der Waals surface area contributed by atoms with Gasteiger partial charge in [-0.05, 0) is 12.8 Å². The van der Waals surface area contributed by atoms with Crippen LogP contribution in [0.2, 0.25) is 0 Å². The molecule has 0 aliphatic carbocycles. The van der Waals surface area contributed by atoms with E-state index in [1.165, 1.54) is 0 Å². The van der Waals surface area contributed by atoms with E-state index in [1.54, 1.807) is 0 Å². The van der Waals surface area contributed by atoms with E-state index in [9.17, 15) is 9.90 Å². The Labute approximate surface area is 82.8 Å². The Kier molecular flexibility index (Phi) is 3.00. The molecule has 0 saturated carbocycles. The van der Waals surface area contributed by atoms with Gasteiger partial charge in [0.2, 0.25) is 5.91 Å². The molecule has 0 spiro atoms. The van der Waals surface area contributed by atoms with Crippen LogP contribution in [0.1, 0.15) is 12.8 Å². The van der Waals surface area contributed by atoms with Crippen molar-refractivity contribution >= 4 is 5.91 Å². The minimum atomic E-state index is -0.482. The van der Waals surface area contributed by atoms with Crippen LogP contribution in [0.15, 0.2) is 0 Å². The smallest absolute Gasteiger partial charge is 0.237 e. The molecule has 80 valence electrons. The fourth-order valence-electron chi connectivity index (χ4n) is 1.89. The number of hydrogen-bond donors (Lipinski definition) is 3. The van der Waals surface area contributed by atoms with Gasteiger partial charge < -0.3 is 15.2 Å². The van der Waals surface area contributed by atoms with Crippen LogP contribution >= 0.6 is 0 Å². The topological polar surface area (TPSA) is 70.6 Å². The number of aliphatic hydroxyl groups excluding tert-OH is 1. The Balaban J connectivity index is 1.86. The quantitative estimate of drug-likeness (QED) is 0.513. The van der Waals surface area contributed by atoms with Crippen molar-refractivity contribution in [2.24, 2.45) is 0 Å². The molecular weight excluding hydrogens is 184 g/mol. The van der Waals surface area contributed by atoms with Crippen LogP contribution in [0.3, 0.4) is 0 Å². The van der Waals surface area contributed by atoms with Crippen molar-refractivity contribution in [1.29, 1.82) is 0 Å². The van der Waals surface area contributed by atoms with Crippen LogP contribution in [0.5, 0.6) is 0 Å². The summed E-state index contributed by atoms with van der Waals surface area (Å²) >= 11 is 0. The molecule has 0 aromatic carbocycles. The van der Waals surface area contributed by atoms with Gasteiger partial charge in [-0.15, -0.1) is 0 Å². The van der Waals surface area contributed by atoms with Gasteiger partial charge in [0.05, 0.1) is 31.4 Å². The second kappa shape index (κ2) is 4.25. The number of carbonyl (C=O) groups excluding carboxylic acids is 1. The molecule has 2 rings (SSSR count). The van der Waals surface area contributed by atoms with Crippen molar-refractivity contribution < 1.29 is 14.6 Å². The number of carbonyl (C=O) groups is 1. The number of aliphatic hydroxyl groups is 1. The van der Waals surface area contributed by atoms with Gasteiger partial charge in [0, 0.05) is 6.54 Å². The molecule has 5 nitrogen and oxygen atoms in total. The summed E-state index contributed by atoms with van der Waals surface area (Å²) in [5.41, 5.74) is 0. The van der Waals surface area contributed by atoms with E-state index in [2.05, 4.69) is 10.6 Å². The monoisotopic (exact) mass is 200 g/mol. The highest BCUT2D eigenvalue weighted by molar-refractivity contribution is 5.82. The van der Waals surface area contributed by atoms with Crippen LogP contribution in [-0.2, 0) is 9.53 Å². The molecule has 2 heterocycles. The van der Waals surface area contributed by atoms with Crippen molar-refractivity contribution in [2.75, 3.05) is 19.8 Å². The fourth-order valence-corrected chi connectivity index (χ4v) is 1.89. The summed E-state index contributed by atoms with van der Waals surface area (Å²) in [6, 6.07) is -0.256. The maximum Gasteiger partial charge on any atom is 0.237 e. The molecule has 2 aliphatic rings. The summed E-state index contributed by atoms with van der Waals surface area (Å²) in [7, 11) is 0. The Morgan fingerprint density at radius 2 is 2.36 bits per heavy atom. The van der Waals surface area contributed by atoms with E-state index < -0.39 is 6.10 Å². The van der Waals surface area contributed by atoms with Crippen LogP contribution in [0.25, 0.3) is 0 Å². The van der Waals surface area contributed by atoms with E-state index in [4.69, 9.17) is 4.74 Å². The number of hydrogen-bond acceptors (Lipinski definition) is 4. The lowest BCUT2D eigenvalue weighted by Crippen LogP contribution is -2.54. The average Bonchev–Trinajstić information content (AvgIpc) is 2.56. The van der Waals surface area contributed by atoms with E-state index >= 15 is 0 Å². The zero-order valence-corrected chi connectivity index (χ0v) is 8.03. The Morgan fingerprint density at radius 1 is 1.50 bits per heavy atom. The van der Waals surface area contributed by atoms with Crippen molar-refractivity contribution in [3.63, 3.8) is 0 Å². The minimum absolute atomic E-state index is 0.0374. The molecule has 2 saturated heterocycles. The summed E-state index contributed by atoms with van der Waals surface area (Å²) in [5.74, 6) is 0.0374. The second-order valence-electron chi connectivity index (χ2n) is 3.86. The zero-order chi connectivity index (χ0) is 9.97. The molecule has 1 amide bonds. The number of rotatable bonds is 2. The normalized spacial score (nSPS) is 38.4. The molecule has 0 aromatic rings. The third-order valence-corrected chi connectivity index (χ3v) is 2.75. The molecule has 2 fully saturated rings. The van der Waals surface area contributed by atoms with E-state index in [1.807, 2.05) is 0 Å². The molecule has 3 atom stereocenters. The molecule has 2 aliphatic heterocycles. The molecule has 0 bridgehead atoms. The van der Waals surface area contributed by atoms with E-state index in [0.717, 1.165) is 19.4 Å². The summed E-state index contributed by atoms with van der Waals surface area (Å²) in [5, 5.41) is 15.4. The van der Waals surface area contributed by atoms with Crippen LogP contribution in [0, 0.1) is 0 Å². The van der Waals surface area contributed by atoms with Gasteiger partial charge in [0.25, 0.3) is 0 Å². The lowest BCUT2D eigenvalue weighted by molar-refractivity contribution is -0.124. The van der Waals surface area contributed by atoms with Crippen LogP contribution in [0.4, 0.5) is 0 Å². The summed E-state index contributed by atoms with van der Waals surface area (Å²) in [4.78, 5) is 11.4. The Bertz CT molecular complexity index is 222. The number of amides is 1. The molecule has 5 heteroatoms. The minimum Gasteiger partial charge on any atom is -0.389 e. The third-order valence-electron chi connectivity index (χ3n) is 2.75. The summed E-state index contributed by atoms with van der Waals surface area (Å²) in [6.07, 6.45) is 1.35. The molecular formula is C9H16N2O3. The standard InChI is InChI=1S/C9H16N2O3/c12-8-5-14-4-7(8)11-6-2-1-3-10-9(6)13/h6-8,11-12H,1-5H2,(H,10,13). The molecule has 3 unspecified atom stereocenters. The van der Waals surface area contributed by atoms with Gasteiger partial charge in [-0.1, -0.05) is 0 Å². The fraction of sp³-hybridized carbons (Fsp3) is 0.889. The molecule has 3 N–H and O–H groups in total. The Morgan fingerprint density at radius 3 is 3.00 bits per heavy atom. The SMILES string of the molecule is O=C1NCCCC1NC1COCC1O. The van der Waals surface area contributed by atoms with Crippen molar-refractivity contribution in [3.05, 3.63) is 0 Å². The van der Waals surface area contributed by atoms with E-state index in [0.29, 0.717) is 13.2 Å². The number of piperidine rings is 1. The van der Waals surface area contributed by atoms with Gasteiger partial charge in [-0.25, -0.2) is 0 Å². The number of nitrogens with one attached hydrogen (secondary N) is 2. The van der Waals surface area contributed by atoms with Gasteiger partial charge in [0.15, 0.2) is 0 Å². The van der Waals surface area contributed by atoms with Gasteiger partial charge in [-0.2, -0.15) is 0 Å². The molecule has 0 radical (unpaired) electrons. The number of ether oxygens (including phenoxy) is 1. The highest BCUT2D eigenvalue weighted by Crippen LogP contribution is 2.10. The Hall–Kier alpha value is -0.650. The van der Waals surface area contributed by atoms with Gasteiger partial charge >= 0.3 is 0 Å². The predicted molar refractivity (Wildman–Crippen MR) is 49.8 cm³/mol. The third kappa shape index (κ3) is 2.05. The first-order valence-electron chi connectivity index (χ1n) is 5.07. The van der Waals surface area contributed by atoms with Crippen LogP contribution < -0.4 is 10.6 Å². The highest BCUT2D eigenvalue weighted by atomic mass is 16.5. The van der Waals surface area contributed by atoms with Gasteiger partial charge in [0.1, 0.15) is 0 Å². The molecule has 14 heavy (non-hydrogen) atoms. The van der Waals surface area contributed by atoms with Crippen molar-refractivity contribution in [3.8, 4) is 0 Å². The lowest BCUT2D eigenvalue weighted by atomic mass is 10.0. The first kappa shape index (κ1) is 9.89. The first-order chi connectivity index (χ1) is 6.77. The highest BCUT2D eigenvalue weighted by Gasteiger charge is 2.31. The summed E-state index contributed by atoms with van der Waals surface area (Å²) in [6.45, 7) is 1.62. The average molecular weight is 200 g/mol.